The lowest BCUT2D eigenvalue weighted by Crippen LogP contribution is -2.20. The Morgan fingerprint density at radius 2 is 2.10 bits per heavy atom. The van der Waals surface area contributed by atoms with Crippen molar-refractivity contribution in [2.24, 2.45) is 13.0 Å². The van der Waals surface area contributed by atoms with Crippen molar-refractivity contribution in [3.05, 3.63) is 27.9 Å². The van der Waals surface area contributed by atoms with Crippen LogP contribution in [0.1, 0.15) is 19.4 Å². The molecule has 0 radical (unpaired) electrons. The van der Waals surface area contributed by atoms with E-state index < -0.39 is 0 Å². The number of ether oxygens (including phenoxy) is 3. The van der Waals surface area contributed by atoms with Gasteiger partial charge in [0.2, 0.25) is 12.7 Å². The first-order chi connectivity index (χ1) is 10.1. The van der Waals surface area contributed by atoms with Gasteiger partial charge in [0.1, 0.15) is 11.6 Å². The van der Waals surface area contributed by atoms with E-state index in [1.807, 2.05) is 17.7 Å². The Labute approximate surface area is 122 Å². The first-order valence-corrected chi connectivity index (χ1v) is 7.18. The van der Waals surface area contributed by atoms with Gasteiger partial charge in [0.25, 0.3) is 0 Å². The molecule has 0 spiro atoms. The average Bonchev–Trinajstić information content (AvgIpc) is 3.10. The Hall–Kier alpha value is -2.17. The van der Waals surface area contributed by atoms with Crippen LogP contribution in [0.2, 0.25) is 0 Å². The van der Waals surface area contributed by atoms with E-state index in [0.29, 0.717) is 35.1 Å². The lowest BCUT2D eigenvalue weighted by atomic mass is 10.0. The highest BCUT2D eigenvalue weighted by Crippen LogP contribution is 2.41. The van der Waals surface area contributed by atoms with E-state index in [4.69, 9.17) is 14.2 Å². The predicted molar refractivity (Wildman–Crippen MR) is 78.3 cm³/mol. The molecule has 0 N–H and O–H groups in total. The topological polar surface area (TPSA) is 49.7 Å². The van der Waals surface area contributed by atoms with Gasteiger partial charge < -0.3 is 18.8 Å². The molecule has 1 atom stereocenters. The van der Waals surface area contributed by atoms with E-state index in [2.05, 4.69) is 13.8 Å². The summed E-state index contributed by atoms with van der Waals surface area (Å²) < 4.78 is 18.9. The zero-order valence-electron chi connectivity index (χ0n) is 12.3. The highest BCUT2D eigenvalue weighted by Gasteiger charge is 2.32. The minimum absolute atomic E-state index is 0.0413. The van der Waals surface area contributed by atoms with Crippen LogP contribution in [0.25, 0.3) is 10.9 Å². The molecule has 0 saturated heterocycles. The molecule has 0 fully saturated rings. The Balaban J connectivity index is 2.04. The van der Waals surface area contributed by atoms with Crippen molar-refractivity contribution in [2.75, 3.05) is 6.79 Å². The molecule has 2 aliphatic rings. The smallest absolute Gasteiger partial charge is 0.231 e. The first-order valence-electron chi connectivity index (χ1n) is 7.18. The van der Waals surface area contributed by atoms with Gasteiger partial charge in [0.05, 0.1) is 10.9 Å². The van der Waals surface area contributed by atoms with Crippen LogP contribution in [0.4, 0.5) is 0 Å². The van der Waals surface area contributed by atoms with Crippen LogP contribution in [-0.4, -0.2) is 17.5 Å². The van der Waals surface area contributed by atoms with E-state index in [1.165, 1.54) is 0 Å². The van der Waals surface area contributed by atoms with Crippen LogP contribution in [0, 0.1) is 5.92 Å². The molecule has 0 aliphatic carbocycles. The molecule has 0 bridgehead atoms. The van der Waals surface area contributed by atoms with Crippen molar-refractivity contribution in [3.63, 3.8) is 0 Å². The molecule has 110 valence electrons. The Bertz CT molecular complexity index is 806. The van der Waals surface area contributed by atoms with E-state index >= 15 is 0 Å². The van der Waals surface area contributed by atoms with Gasteiger partial charge in [0.15, 0.2) is 16.9 Å². The fourth-order valence-corrected chi connectivity index (χ4v) is 3.13. The Kier molecular flexibility index (Phi) is 2.49. The average molecular weight is 287 g/mol. The Morgan fingerprint density at radius 3 is 2.86 bits per heavy atom. The SMILES string of the molecule is CC(C)[C@@H]1Cc2c(n(C)c3c4c(ccc3c2=O)OCO4)O1. The second kappa shape index (κ2) is 4.16. The highest BCUT2D eigenvalue weighted by molar-refractivity contribution is 5.89. The van der Waals surface area contributed by atoms with Gasteiger partial charge in [-0.15, -0.1) is 0 Å². The summed E-state index contributed by atoms with van der Waals surface area (Å²) in [5.74, 6) is 2.34. The van der Waals surface area contributed by atoms with Crippen LogP contribution in [0.15, 0.2) is 16.9 Å². The first kappa shape index (κ1) is 12.6. The summed E-state index contributed by atoms with van der Waals surface area (Å²) >= 11 is 0. The van der Waals surface area contributed by atoms with Gasteiger partial charge >= 0.3 is 0 Å². The van der Waals surface area contributed by atoms with Crippen LogP contribution in [-0.2, 0) is 13.5 Å². The number of rotatable bonds is 1. The highest BCUT2D eigenvalue weighted by atomic mass is 16.7. The van der Waals surface area contributed by atoms with Gasteiger partial charge in [-0.25, -0.2) is 0 Å². The van der Waals surface area contributed by atoms with E-state index in [1.54, 1.807) is 6.07 Å². The summed E-state index contributed by atoms with van der Waals surface area (Å²) in [6, 6.07) is 3.61. The number of hydrogen-bond donors (Lipinski definition) is 0. The van der Waals surface area contributed by atoms with Gasteiger partial charge in [-0.3, -0.25) is 4.79 Å². The lowest BCUT2D eigenvalue weighted by molar-refractivity contribution is 0.167. The number of aromatic nitrogens is 1. The maximum absolute atomic E-state index is 12.8. The van der Waals surface area contributed by atoms with Gasteiger partial charge in [-0.2, -0.15) is 0 Å². The van der Waals surface area contributed by atoms with Crippen LogP contribution >= 0.6 is 0 Å². The fraction of sp³-hybridized carbons (Fsp3) is 0.438. The van der Waals surface area contributed by atoms with Crippen molar-refractivity contribution >= 4 is 10.9 Å². The zero-order valence-corrected chi connectivity index (χ0v) is 12.3. The maximum atomic E-state index is 12.8. The second-order valence-electron chi connectivity index (χ2n) is 5.97. The van der Waals surface area contributed by atoms with Crippen molar-refractivity contribution < 1.29 is 14.2 Å². The molecule has 1 aromatic heterocycles. The van der Waals surface area contributed by atoms with Crippen molar-refractivity contribution in [3.8, 4) is 17.4 Å². The number of pyridine rings is 1. The van der Waals surface area contributed by atoms with Crippen molar-refractivity contribution in [1.82, 2.24) is 4.57 Å². The van der Waals surface area contributed by atoms with Gasteiger partial charge in [-0.05, 0) is 18.1 Å². The Morgan fingerprint density at radius 1 is 1.29 bits per heavy atom. The quantitative estimate of drug-likeness (QED) is 0.807. The van der Waals surface area contributed by atoms with E-state index in [0.717, 1.165) is 11.1 Å². The molecule has 2 aromatic rings. The summed E-state index contributed by atoms with van der Waals surface area (Å²) in [7, 11) is 1.91. The third-order valence-corrected chi connectivity index (χ3v) is 4.34. The molecular weight excluding hydrogens is 270 g/mol. The van der Waals surface area contributed by atoms with Crippen molar-refractivity contribution in [1.29, 1.82) is 0 Å². The number of nitrogens with zero attached hydrogens (tertiary/aromatic N) is 1. The molecule has 4 rings (SSSR count). The zero-order chi connectivity index (χ0) is 14.7. The third-order valence-electron chi connectivity index (χ3n) is 4.34. The number of benzene rings is 1. The minimum Gasteiger partial charge on any atom is -0.475 e. The molecule has 3 heterocycles. The summed E-state index contributed by atoms with van der Waals surface area (Å²) in [5.41, 5.74) is 1.56. The molecule has 5 nitrogen and oxygen atoms in total. The van der Waals surface area contributed by atoms with Crippen LogP contribution in [0.5, 0.6) is 17.4 Å². The molecule has 21 heavy (non-hydrogen) atoms. The molecular formula is C16H17NO4. The number of hydrogen-bond acceptors (Lipinski definition) is 4. The summed E-state index contributed by atoms with van der Waals surface area (Å²) in [5, 5.41) is 0.661. The lowest BCUT2D eigenvalue weighted by Gasteiger charge is -2.16. The van der Waals surface area contributed by atoms with E-state index in [9.17, 15) is 4.79 Å². The largest absolute Gasteiger partial charge is 0.475 e. The molecule has 0 unspecified atom stereocenters. The van der Waals surface area contributed by atoms with Crippen LogP contribution < -0.4 is 19.6 Å². The summed E-state index contributed by atoms with van der Waals surface area (Å²) in [4.78, 5) is 12.8. The summed E-state index contributed by atoms with van der Waals surface area (Å²) in [6.45, 7) is 4.40. The number of fused-ring (bicyclic) bond motifs is 4. The molecule has 2 aliphatic heterocycles. The molecule has 0 saturated carbocycles. The van der Waals surface area contributed by atoms with Gasteiger partial charge in [-0.1, -0.05) is 13.8 Å². The predicted octanol–water partition coefficient (Wildman–Crippen LogP) is 2.23. The molecule has 1 aromatic carbocycles. The monoisotopic (exact) mass is 287 g/mol. The summed E-state index contributed by atoms with van der Waals surface area (Å²) in [6.07, 6.45) is 0.727. The second-order valence-corrected chi connectivity index (χ2v) is 5.97. The standard InChI is InChI=1S/C16H17NO4/c1-8(2)12-6-10-14(18)9-4-5-11-15(20-7-19-11)13(9)17(3)16(10)21-12/h4-5,8,12H,6-7H2,1-3H3/t12-/m0/s1. The fourth-order valence-electron chi connectivity index (χ4n) is 3.13. The van der Waals surface area contributed by atoms with Crippen molar-refractivity contribution in [2.45, 2.75) is 26.4 Å². The third kappa shape index (κ3) is 1.60. The van der Waals surface area contributed by atoms with Crippen LogP contribution in [0.3, 0.4) is 0 Å². The normalized spacial score (nSPS) is 19.1. The number of aryl methyl sites for hydroxylation is 1. The molecule has 5 heteroatoms. The van der Waals surface area contributed by atoms with E-state index in [-0.39, 0.29) is 18.3 Å². The minimum atomic E-state index is 0.0413. The van der Waals surface area contributed by atoms with Gasteiger partial charge in [0, 0.05) is 13.5 Å². The maximum Gasteiger partial charge on any atom is 0.231 e. The molecule has 0 amide bonds.